The van der Waals surface area contributed by atoms with E-state index in [-0.39, 0.29) is 24.1 Å². The van der Waals surface area contributed by atoms with Gasteiger partial charge in [-0.1, -0.05) is 35.9 Å². The van der Waals surface area contributed by atoms with Crippen LogP contribution in [-0.2, 0) is 11.2 Å². The Morgan fingerprint density at radius 2 is 2.00 bits per heavy atom. The summed E-state index contributed by atoms with van der Waals surface area (Å²) in [5, 5.41) is 0.657. The third kappa shape index (κ3) is 4.80. The second-order valence-corrected chi connectivity index (χ2v) is 7.76. The summed E-state index contributed by atoms with van der Waals surface area (Å²) < 4.78 is 13.1. The molecule has 148 valence electrons. The van der Waals surface area contributed by atoms with Crippen molar-refractivity contribution in [1.82, 2.24) is 14.9 Å². The standard InChI is InChI=1S/C23H21ClFN3O/c24-19-5-1-3-17(12-19)21-13-26-14-22(27-21)18-4-2-10-28(15-18)23(29)11-16-6-8-20(25)9-7-16/h1,3,5-9,12-14,18H,2,4,10-11,15H2. The van der Waals surface area contributed by atoms with Crippen LogP contribution in [0.1, 0.15) is 30.0 Å². The molecule has 0 N–H and O–H groups in total. The first-order valence-corrected chi connectivity index (χ1v) is 10.1. The van der Waals surface area contributed by atoms with Gasteiger partial charge in [0.05, 0.1) is 24.0 Å². The van der Waals surface area contributed by atoms with Crippen LogP contribution in [0, 0.1) is 5.82 Å². The predicted octanol–water partition coefficient (Wildman–Crippen LogP) is 4.88. The Morgan fingerprint density at radius 1 is 1.17 bits per heavy atom. The summed E-state index contributed by atoms with van der Waals surface area (Å²) >= 11 is 6.10. The molecule has 0 aliphatic carbocycles. The van der Waals surface area contributed by atoms with Crippen LogP contribution in [0.2, 0.25) is 5.02 Å². The van der Waals surface area contributed by atoms with Crippen molar-refractivity contribution >= 4 is 17.5 Å². The molecule has 1 fully saturated rings. The van der Waals surface area contributed by atoms with Crippen molar-refractivity contribution in [3.8, 4) is 11.3 Å². The summed E-state index contributed by atoms with van der Waals surface area (Å²) in [7, 11) is 0. The molecule has 0 saturated carbocycles. The molecule has 3 aromatic rings. The lowest BCUT2D eigenvalue weighted by atomic mass is 9.94. The van der Waals surface area contributed by atoms with E-state index in [1.54, 1.807) is 24.5 Å². The van der Waals surface area contributed by atoms with Crippen LogP contribution < -0.4 is 0 Å². The average Bonchev–Trinajstić information content (AvgIpc) is 2.75. The number of likely N-dealkylation sites (tertiary alicyclic amines) is 1. The smallest absolute Gasteiger partial charge is 0.227 e. The average molecular weight is 410 g/mol. The molecule has 29 heavy (non-hydrogen) atoms. The fourth-order valence-electron chi connectivity index (χ4n) is 3.70. The van der Waals surface area contributed by atoms with Gasteiger partial charge >= 0.3 is 0 Å². The van der Waals surface area contributed by atoms with Gasteiger partial charge in [0.1, 0.15) is 5.82 Å². The van der Waals surface area contributed by atoms with Crippen LogP contribution in [0.3, 0.4) is 0 Å². The Kier molecular flexibility index (Phi) is 5.86. The van der Waals surface area contributed by atoms with Gasteiger partial charge in [-0.2, -0.15) is 0 Å². The van der Waals surface area contributed by atoms with Gasteiger partial charge < -0.3 is 4.90 Å². The maximum Gasteiger partial charge on any atom is 0.227 e. The lowest BCUT2D eigenvalue weighted by molar-refractivity contribution is -0.131. The fourth-order valence-corrected chi connectivity index (χ4v) is 3.89. The Morgan fingerprint density at radius 3 is 2.79 bits per heavy atom. The number of amides is 1. The minimum absolute atomic E-state index is 0.0558. The molecule has 1 unspecified atom stereocenters. The number of rotatable bonds is 4. The number of piperidine rings is 1. The van der Waals surface area contributed by atoms with Crippen LogP contribution in [0.25, 0.3) is 11.3 Å². The molecule has 1 saturated heterocycles. The second kappa shape index (κ2) is 8.70. The first-order valence-electron chi connectivity index (χ1n) is 9.68. The molecular weight excluding hydrogens is 389 g/mol. The van der Waals surface area contributed by atoms with Crippen molar-refractivity contribution in [3.63, 3.8) is 0 Å². The lowest BCUT2D eigenvalue weighted by Crippen LogP contribution is -2.40. The van der Waals surface area contributed by atoms with E-state index in [4.69, 9.17) is 16.6 Å². The molecule has 0 bridgehead atoms. The topological polar surface area (TPSA) is 46.1 Å². The van der Waals surface area contributed by atoms with Gasteiger partial charge in [0.25, 0.3) is 0 Å². The molecule has 1 amide bonds. The molecule has 1 aliphatic rings. The monoisotopic (exact) mass is 409 g/mol. The number of aromatic nitrogens is 2. The van der Waals surface area contributed by atoms with E-state index in [1.807, 2.05) is 29.2 Å². The van der Waals surface area contributed by atoms with Gasteiger partial charge in [-0.05, 0) is 42.7 Å². The van der Waals surface area contributed by atoms with E-state index in [2.05, 4.69) is 4.98 Å². The summed E-state index contributed by atoms with van der Waals surface area (Å²) in [6.45, 7) is 1.35. The Bertz CT molecular complexity index is 1010. The highest BCUT2D eigenvalue weighted by Gasteiger charge is 2.26. The minimum Gasteiger partial charge on any atom is -0.342 e. The molecule has 4 nitrogen and oxygen atoms in total. The number of benzene rings is 2. The summed E-state index contributed by atoms with van der Waals surface area (Å²) in [6.07, 6.45) is 5.68. The Balaban J connectivity index is 1.47. The minimum atomic E-state index is -0.294. The van der Waals surface area contributed by atoms with Crippen molar-refractivity contribution in [3.05, 3.63) is 83.0 Å². The van der Waals surface area contributed by atoms with E-state index in [9.17, 15) is 9.18 Å². The van der Waals surface area contributed by atoms with E-state index >= 15 is 0 Å². The predicted molar refractivity (Wildman–Crippen MR) is 111 cm³/mol. The molecule has 4 rings (SSSR count). The van der Waals surface area contributed by atoms with E-state index in [0.717, 1.165) is 41.9 Å². The first kappa shape index (κ1) is 19.5. The second-order valence-electron chi connectivity index (χ2n) is 7.32. The highest BCUT2D eigenvalue weighted by Crippen LogP contribution is 2.28. The van der Waals surface area contributed by atoms with Gasteiger partial charge in [-0.15, -0.1) is 0 Å². The zero-order valence-electron chi connectivity index (χ0n) is 15.9. The van der Waals surface area contributed by atoms with Gasteiger partial charge in [0, 0.05) is 35.8 Å². The molecule has 2 aromatic carbocycles. The molecule has 1 atom stereocenters. The molecule has 0 radical (unpaired) electrons. The number of halogens is 2. The van der Waals surface area contributed by atoms with Crippen LogP contribution in [0.4, 0.5) is 4.39 Å². The quantitative estimate of drug-likeness (QED) is 0.616. The number of nitrogens with zero attached hydrogens (tertiary/aromatic N) is 3. The lowest BCUT2D eigenvalue weighted by Gasteiger charge is -2.32. The maximum absolute atomic E-state index is 13.1. The normalized spacial score (nSPS) is 16.6. The first-order chi connectivity index (χ1) is 14.1. The largest absolute Gasteiger partial charge is 0.342 e. The van der Waals surface area contributed by atoms with E-state index in [0.29, 0.717) is 11.6 Å². The molecular formula is C23H21ClFN3O. The summed E-state index contributed by atoms with van der Waals surface area (Å²) in [4.78, 5) is 23.8. The van der Waals surface area contributed by atoms with Gasteiger partial charge in [-0.3, -0.25) is 9.78 Å². The van der Waals surface area contributed by atoms with Crippen molar-refractivity contribution < 1.29 is 9.18 Å². The SMILES string of the molecule is O=C(Cc1ccc(F)cc1)N1CCCC(c2cncc(-c3cccc(Cl)c3)n2)C1. The van der Waals surface area contributed by atoms with Crippen molar-refractivity contribution in [2.45, 2.75) is 25.2 Å². The molecule has 0 spiro atoms. The fraction of sp³-hybridized carbons (Fsp3) is 0.261. The van der Waals surface area contributed by atoms with Crippen molar-refractivity contribution in [2.24, 2.45) is 0 Å². The molecule has 2 heterocycles. The number of hydrogen-bond donors (Lipinski definition) is 0. The van der Waals surface area contributed by atoms with E-state index in [1.165, 1.54) is 12.1 Å². The third-order valence-electron chi connectivity index (χ3n) is 5.23. The molecule has 6 heteroatoms. The Labute approximate surface area is 174 Å². The van der Waals surface area contributed by atoms with Gasteiger partial charge in [0.15, 0.2) is 0 Å². The summed E-state index contributed by atoms with van der Waals surface area (Å²) in [6, 6.07) is 13.6. The third-order valence-corrected chi connectivity index (χ3v) is 5.47. The Hall–Kier alpha value is -2.79. The summed E-state index contributed by atoms with van der Waals surface area (Å²) in [5.74, 6) is -0.0924. The molecule has 1 aliphatic heterocycles. The van der Waals surface area contributed by atoms with Crippen LogP contribution in [0.15, 0.2) is 60.9 Å². The van der Waals surface area contributed by atoms with Crippen molar-refractivity contribution in [1.29, 1.82) is 0 Å². The van der Waals surface area contributed by atoms with Crippen molar-refractivity contribution in [2.75, 3.05) is 13.1 Å². The zero-order chi connectivity index (χ0) is 20.2. The molecule has 1 aromatic heterocycles. The number of carbonyl (C=O) groups is 1. The zero-order valence-corrected chi connectivity index (χ0v) is 16.6. The van der Waals surface area contributed by atoms with E-state index < -0.39 is 0 Å². The van der Waals surface area contributed by atoms with Crippen LogP contribution in [0.5, 0.6) is 0 Å². The van der Waals surface area contributed by atoms with Crippen LogP contribution >= 0.6 is 11.6 Å². The maximum atomic E-state index is 13.1. The summed E-state index contributed by atoms with van der Waals surface area (Å²) in [5.41, 5.74) is 3.41. The van der Waals surface area contributed by atoms with Crippen LogP contribution in [-0.4, -0.2) is 33.9 Å². The highest BCUT2D eigenvalue weighted by atomic mass is 35.5. The number of hydrogen-bond acceptors (Lipinski definition) is 3. The van der Waals surface area contributed by atoms with Gasteiger partial charge in [0.2, 0.25) is 5.91 Å². The highest BCUT2D eigenvalue weighted by molar-refractivity contribution is 6.30. The number of carbonyl (C=O) groups excluding carboxylic acids is 1. The van der Waals surface area contributed by atoms with Gasteiger partial charge in [-0.25, -0.2) is 9.37 Å².